The van der Waals surface area contributed by atoms with Crippen molar-refractivity contribution >= 4 is 16.6 Å². The maximum atomic E-state index is 15.7. The lowest BCUT2D eigenvalue weighted by molar-refractivity contribution is 0.0253. The predicted molar refractivity (Wildman–Crippen MR) is 316 cm³/mol. The molecular formula is C63H86F5N9O4Si2. The monoisotopic (exact) mass is 1180 g/mol. The fraction of sp³-hybridized carbons (Fsp3) is 0.619. The molecule has 4 atom stereocenters. The molecule has 4 unspecified atom stereocenters. The minimum atomic E-state index is -1.83. The summed E-state index contributed by atoms with van der Waals surface area (Å²) in [6.45, 7) is 22.7. The Hall–Kier alpha value is -5.00. The number of hydrogen-bond acceptors (Lipinski definition) is 10. The average Bonchev–Trinajstić information content (AvgIpc) is 4.22. The Kier molecular flexibility index (Phi) is 17.4. The molecular weight excluding hydrogens is 1100 g/mol. The lowest BCUT2D eigenvalue weighted by Crippen LogP contribution is -2.46. The van der Waals surface area contributed by atoms with Gasteiger partial charge in [-0.25, -0.2) is 38.7 Å². The van der Waals surface area contributed by atoms with Gasteiger partial charge in [-0.2, -0.15) is 13.2 Å². The molecule has 0 spiro atoms. The summed E-state index contributed by atoms with van der Waals surface area (Å²) in [4.78, 5) is 23.9. The first-order valence-corrected chi connectivity index (χ1v) is 36.1. The Morgan fingerprint density at radius 2 is 0.892 bits per heavy atom. The lowest BCUT2D eigenvalue weighted by Gasteiger charge is -2.42. The van der Waals surface area contributed by atoms with E-state index >= 15 is 4.39 Å². The molecule has 13 nitrogen and oxygen atoms in total. The van der Waals surface area contributed by atoms with Crippen molar-refractivity contribution < 1.29 is 41.0 Å². The summed E-state index contributed by atoms with van der Waals surface area (Å²) >= 11 is 0. The molecule has 0 bridgehead atoms. The Balaban J connectivity index is 0.000000140. The summed E-state index contributed by atoms with van der Waals surface area (Å²) in [5.41, 5.74) is 5.71. The third kappa shape index (κ3) is 13.1. The van der Waals surface area contributed by atoms with Crippen molar-refractivity contribution in [1.29, 1.82) is 0 Å². The van der Waals surface area contributed by atoms with Crippen molar-refractivity contribution in [2.24, 2.45) is 5.92 Å². The summed E-state index contributed by atoms with van der Waals surface area (Å²) in [6, 6.07) is 4.17. The largest absolute Gasteiger partial charge is 0.414 e. The van der Waals surface area contributed by atoms with Crippen LogP contribution in [0.15, 0.2) is 74.4 Å². The number of halogens is 5. The number of aliphatic hydroxyl groups is 2. The molecule has 0 aromatic carbocycles. The van der Waals surface area contributed by atoms with Crippen LogP contribution >= 0.6 is 0 Å². The highest BCUT2D eigenvalue weighted by molar-refractivity contribution is 6.74. The smallest absolute Gasteiger partial charge is 0.213 e. The lowest BCUT2D eigenvalue weighted by atomic mass is 9.80. The number of fused-ring (bicyclic) bond motifs is 9. The maximum Gasteiger partial charge on any atom is 0.213 e. The fourth-order valence-corrected chi connectivity index (χ4v) is 16.0. The standard InChI is InChI=1S/C23H33F2N3OSi.C23H34FN3O2Si.C17H19F2N3O/c1-22(2,3)30(4,5)29-16-6-9-23(25,10-7-16)11-8-19-17-12-21(24)27-13-18(17)20-14-26-15-28(19)20;1-23(2,3)30(4,5)29-16-8-6-15(7-9-16)21(28)11-19-17-10-22(24)26-12-18(17)20-13-25-14-27(19)20;18-16-7-12-13(8-21-16)15-9-20-10-22(15)14(12)3-6-17(19)4-1-11(23)2-5-17/h12-16,19H,6-11H2,1-5H3;10,12-16,19,21,28H,6-9,11H2,1-5H3;7-11,14,23H,1-6H2. The molecule has 0 saturated heterocycles. The number of nitrogens with zero attached hydrogens (tertiary/aromatic N) is 9. The van der Waals surface area contributed by atoms with Gasteiger partial charge in [0.1, 0.15) is 11.3 Å². The zero-order chi connectivity index (χ0) is 59.4. The van der Waals surface area contributed by atoms with E-state index in [4.69, 9.17) is 8.85 Å². The number of aliphatic hydroxyl groups excluding tert-OH is 2. The summed E-state index contributed by atoms with van der Waals surface area (Å²) < 4.78 is 90.9. The van der Waals surface area contributed by atoms with Gasteiger partial charge < -0.3 is 32.8 Å². The molecule has 6 aromatic heterocycles. The quantitative estimate of drug-likeness (QED) is 0.0650. The van der Waals surface area contributed by atoms with Crippen LogP contribution in [-0.4, -0.2) is 106 Å². The van der Waals surface area contributed by atoms with Crippen molar-refractivity contribution in [1.82, 2.24) is 43.6 Å². The molecule has 2 N–H and O–H groups in total. The summed E-state index contributed by atoms with van der Waals surface area (Å²) in [5, 5.41) is 21.0. The number of aromatic nitrogens is 9. The molecule has 12 rings (SSSR count). The predicted octanol–water partition coefficient (Wildman–Crippen LogP) is 15.2. The zero-order valence-electron chi connectivity index (χ0n) is 50.2. The number of rotatable bonds is 13. The third-order valence-corrected chi connectivity index (χ3v) is 29.4. The minimum absolute atomic E-state index is 0.0798. The molecule has 20 heteroatoms. The van der Waals surface area contributed by atoms with Crippen LogP contribution in [-0.2, 0) is 8.85 Å². The van der Waals surface area contributed by atoms with Crippen LogP contribution in [0.5, 0.6) is 0 Å². The first-order valence-electron chi connectivity index (χ1n) is 30.2. The first kappa shape index (κ1) is 61.1. The van der Waals surface area contributed by atoms with Crippen molar-refractivity contribution in [3.8, 4) is 33.8 Å². The van der Waals surface area contributed by atoms with Crippen molar-refractivity contribution in [2.75, 3.05) is 0 Å². The van der Waals surface area contributed by atoms with E-state index < -0.39 is 51.9 Å². The van der Waals surface area contributed by atoms with E-state index in [1.807, 2.05) is 13.7 Å². The second-order valence-electron chi connectivity index (χ2n) is 27.8. The van der Waals surface area contributed by atoms with Crippen LogP contribution < -0.4 is 0 Å². The number of hydrogen-bond donors (Lipinski definition) is 2. The van der Waals surface area contributed by atoms with Gasteiger partial charge in [-0.3, -0.25) is 0 Å². The van der Waals surface area contributed by atoms with Gasteiger partial charge in [0.15, 0.2) is 16.6 Å². The highest BCUT2D eigenvalue weighted by Gasteiger charge is 2.45. The molecule has 9 heterocycles. The van der Waals surface area contributed by atoms with E-state index in [2.05, 4.69) is 97.6 Å². The van der Waals surface area contributed by atoms with E-state index in [0.717, 1.165) is 89.0 Å². The zero-order valence-corrected chi connectivity index (χ0v) is 52.2. The van der Waals surface area contributed by atoms with Crippen LogP contribution in [0.25, 0.3) is 33.8 Å². The van der Waals surface area contributed by atoms with Crippen molar-refractivity contribution in [3.05, 3.63) is 109 Å². The van der Waals surface area contributed by atoms with Gasteiger partial charge in [-0.15, -0.1) is 0 Å². The summed E-state index contributed by atoms with van der Waals surface area (Å²) in [6.07, 6.45) is 26.0. The highest BCUT2D eigenvalue weighted by atomic mass is 28.4. The second-order valence-corrected chi connectivity index (χ2v) is 37.3. The Bertz CT molecular complexity index is 3200. The first-order chi connectivity index (χ1) is 39.1. The van der Waals surface area contributed by atoms with Crippen LogP contribution in [0.4, 0.5) is 22.0 Å². The SMILES string of the molecule is CC(C)(C)[Si](C)(C)OC1CCC(C(O)CC2c3cc(F)ncc3-c3cncn32)CC1.CC(C)(C)[Si](C)(C)OC1CCC(F)(CCC2c3cc(F)ncc3-c3cncn32)CC1.OC1CCC(F)(CCC2c3cc(F)ncc3-c3cncn32)CC1. The van der Waals surface area contributed by atoms with E-state index in [0.29, 0.717) is 76.7 Å². The molecule has 0 radical (unpaired) electrons. The molecule has 3 saturated carbocycles. The summed E-state index contributed by atoms with van der Waals surface area (Å²) in [5.74, 6) is -1.22. The Morgan fingerprint density at radius 3 is 1.28 bits per heavy atom. The van der Waals surface area contributed by atoms with Gasteiger partial charge in [0.25, 0.3) is 0 Å². The van der Waals surface area contributed by atoms with Gasteiger partial charge in [-0.05, 0) is 186 Å². The van der Waals surface area contributed by atoms with Gasteiger partial charge in [-0.1, -0.05) is 41.5 Å². The third-order valence-electron chi connectivity index (χ3n) is 20.3. The van der Waals surface area contributed by atoms with Crippen molar-refractivity contribution in [2.45, 2.75) is 241 Å². The van der Waals surface area contributed by atoms with Gasteiger partial charge in [0.2, 0.25) is 17.8 Å². The maximum absolute atomic E-state index is 15.7. The summed E-state index contributed by atoms with van der Waals surface area (Å²) in [7, 11) is -3.59. The van der Waals surface area contributed by atoms with Crippen LogP contribution in [0, 0.1) is 23.8 Å². The molecule has 3 aliphatic heterocycles. The second kappa shape index (κ2) is 23.7. The number of imidazole rings is 3. The van der Waals surface area contributed by atoms with Gasteiger partial charge >= 0.3 is 0 Å². The van der Waals surface area contributed by atoms with Gasteiger partial charge in [0, 0.05) is 47.5 Å². The van der Waals surface area contributed by atoms with E-state index in [-0.39, 0.29) is 46.3 Å². The fourth-order valence-electron chi connectivity index (χ4n) is 13.2. The number of pyridine rings is 3. The Morgan fingerprint density at radius 1 is 0.542 bits per heavy atom. The molecule has 3 fully saturated rings. The topological polar surface area (TPSA) is 151 Å². The van der Waals surface area contributed by atoms with Crippen LogP contribution in [0.3, 0.4) is 0 Å². The van der Waals surface area contributed by atoms with Gasteiger partial charge in [0.05, 0.1) is 85.0 Å². The Labute approximate surface area is 488 Å². The van der Waals surface area contributed by atoms with Crippen molar-refractivity contribution in [3.63, 3.8) is 0 Å². The van der Waals surface area contributed by atoms with E-state index in [9.17, 15) is 27.8 Å². The normalized spacial score (nSPS) is 26.8. The highest BCUT2D eigenvalue weighted by Crippen LogP contribution is 2.49. The molecule has 6 aromatic rings. The van der Waals surface area contributed by atoms with Crippen LogP contribution in [0.1, 0.15) is 186 Å². The molecule has 450 valence electrons. The molecule has 3 aliphatic carbocycles. The molecule has 0 amide bonds. The van der Waals surface area contributed by atoms with E-state index in [1.165, 1.54) is 24.4 Å². The molecule has 83 heavy (non-hydrogen) atoms. The minimum Gasteiger partial charge on any atom is -0.414 e. The van der Waals surface area contributed by atoms with E-state index in [1.54, 1.807) is 50.0 Å². The van der Waals surface area contributed by atoms with Crippen LogP contribution in [0.2, 0.25) is 36.3 Å². The molecule has 6 aliphatic rings. The average molecular weight is 1180 g/mol. The number of alkyl halides is 2.